The maximum atomic E-state index is 10.3. The van der Waals surface area contributed by atoms with Crippen molar-refractivity contribution in [3.05, 3.63) is 21.9 Å². The fourth-order valence-electron chi connectivity index (χ4n) is 1.82. The maximum Gasteiger partial charge on any atom is 0.107 e. The monoisotopic (exact) mass is 228 g/mol. The van der Waals surface area contributed by atoms with Crippen LogP contribution < -0.4 is 0 Å². The summed E-state index contributed by atoms with van der Waals surface area (Å²) in [6.45, 7) is 8.25. The van der Waals surface area contributed by atoms with Crippen molar-refractivity contribution >= 4 is 11.3 Å². The predicted octanol–water partition coefficient (Wildman–Crippen LogP) is 3.15. The zero-order valence-electron chi connectivity index (χ0n) is 10.1. The summed E-state index contributed by atoms with van der Waals surface area (Å²) in [4.78, 5) is 1.16. The molecule has 2 unspecified atom stereocenters. The van der Waals surface area contributed by atoms with Gasteiger partial charge in [-0.25, -0.2) is 0 Å². The molecule has 15 heavy (non-hydrogen) atoms. The lowest BCUT2D eigenvalue weighted by atomic mass is 9.83. The fraction of sp³-hybridized carbons (Fsp3) is 0.667. The van der Waals surface area contributed by atoms with Gasteiger partial charge in [-0.15, -0.1) is 11.3 Å². The molecule has 0 bridgehead atoms. The van der Waals surface area contributed by atoms with Crippen LogP contribution in [0.2, 0.25) is 0 Å². The van der Waals surface area contributed by atoms with Crippen LogP contribution in [-0.4, -0.2) is 18.3 Å². The summed E-state index contributed by atoms with van der Waals surface area (Å²) < 4.78 is 5.41. The SMILES string of the molecule is COC(C(O)c1ccsc1C)C(C)(C)C. The molecule has 1 rings (SSSR count). The van der Waals surface area contributed by atoms with Gasteiger partial charge in [-0.1, -0.05) is 20.8 Å². The standard InChI is InChI=1S/C12H20O2S/c1-8-9(6-7-15-8)10(13)11(14-5)12(2,3)4/h6-7,10-11,13H,1-5H3. The molecule has 1 N–H and O–H groups in total. The number of hydrogen-bond acceptors (Lipinski definition) is 3. The van der Waals surface area contributed by atoms with Crippen LogP contribution in [0.15, 0.2) is 11.4 Å². The highest BCUT2D eigenvalue weighted by Gasteiger charge is 2.33. The van der Waals surface area contributed by atoms with E-state index in [0.717, 1.165) is 10.4 Å². The highest BCUT2D eigenvalue weighted by atomic mass is 32.1. The number of methoxy groups -OCH3 is 1. The Hall–Kier alpha value is -0.380. The lowest BCUT2D eigenvalue weighted by molar-refractivity contribution is -0.0724. The Morgan fingerprint density at radius 1 is 1.40 bits per heavy atom. The predicted molar refractivity (Wildman–Crippen MR) is 64.3 cm³/mol. The molecule has 0 spiro atoms. The summed E-state index contributed by atoms with van der Waals surface area (Å²) in [7, 11) is 1.65. The van der Waals surface area contributed by atoms with Crippen molar-refractivity contribution in [1.29, 1.82) is 0 Å². The fourth-order valence-corrected chi connectivity index (χ4v) is 2.56. The number of aliphatic hydroxyl groups is 1. The van der Waals surface area contributed by atoms with Gasteiger partial charge in [0.15, 0.2) is 0 Å². The molecule has 0 amide bonds. The van der Waals surface area contributed by atoms with E-state index in [0.29, 0.717) is 0 Å². The van der Waals surface area contributed by atoms with Crippen LogP contribution >= 0.6 is 11.3 Å². The highest BCUT2D eigenvalue weighted by Crippen LogP contribution is 2.34. The van der Waals surface area contributed by atoms with E-state index in [1.807, 2.05) is 18.4 Å². The lowest BCUT2D eigenvalue weighted by Crippen LogP contribution is -2.34. The first-order valence-electron chi connectivity index (χ1n) is 5.12. The third kappa shape index (κ3) is 2.80. The summed E-state index contributed by atoms with van der Waals surface area (Å²) in [5, 5.41) is 12.3. The summed E-state index contributed by atoms with van der Waals surface area (Å²) in [6.07, 6.45) is -0.716. The van der Waals surface area contributed by atoms with Crippen LogP contribution in [0.3, 0.4) is 0 Å². The van der Waals surface area contributed by atoms with Crippen LogP contribution in [0.25, 0.3) is 0 Å². The minimum Gasteiger partial charge on any atom is -0.386 e. The minimum atomic E-state index is -0.541. The molecule has 0 aromatic carbocycles. The Kier molecular flexibility index (Phi) is 3.93. The van der Waals surface area contributed by atoms with Crippen molar-refractivity contribution in [2.24, 2.45) is 5.41 Å². The van der Waals surface area contributed by atoms with Gasteiger partial charge in [-0.2, -0.15) is 0 Å². The second-order valence-corrected chi connectivity index (χ2v) is 6.02. The molecule has 0 aliphatic rings. The normalized spacial score (nSPS) is 16.4. The van der Waals surface area contributed by atoms with Gasteiger partial charge in [0, 0.05) is 12.0 Å². The van der Waals surface area contributed by atoms with Gasteiger partial charge in [-0.05, 0) is 29.3 Å². The Bertz CT molecular complexity index is 312. The second kappa shape index (κ2) is 4.64. The van der Waals surface area contributed by atoms with E-state index >= 15 is 0 Å². The average Bonchev–Trinajstić information content (AvgIpc) is 2.49. The second-order valence-electron chi connectivity index (χ2n) is 4.90. The Morgan fingerprint density at radius 3 is 2.33 bits per heavy atom. The smallest absolute Gasteiger partial charge is 0.107 e. The van der Waals surface area contributed by atoms with Crippen molar-refractivity contribution in [1.82, 2.24) is 0 Å². The molecular formula is C12H20O2S. The summed E-state index contributed by atoms with van der Waals surface area (Å²) >= 11 is 1.66. The molecule has 3 heteroatoms. The maximum absolute atomic E-state index is 10.3. The van der Waals surface area contributed by atoms with Crippen LogP contribution in [0.4, 0.5) is 0 Å². The summed E-state index contributed by atoms with van der Waals surface area (Å²) in [5.74, 6) is 0. The van der Waals surface area contributed by atoms with Crippen LogP contribution in [0.1, 0.15) is 37.3 Å². The van der Waals surface area contributed by atoms with E-state index in [1.165, 1.54) is 0 Å². The summed E-state index contributed by atoms with van der Waals surface area (Å²) in [6, 6.07) is 1.97. The van der Waals surface area contributed by atoms with Crippen LogP contribution in [-0.2, 0) is 4.74 Å². The number of aliphatic hydroxyl groups excluding tert-OH is 1. The molecule has 86 valence electrons. The van der Waals surface area contributed by atoms with Crippen molar-refractivity contribution < 1.29 is 9.84 Å². The van der Waals surface area contributed by atoms with E-state index in [-0.39, 0.29) is 11.5 Å². The quantitative estimate of drug-likeness (QED) is 0.861. The Morgan fingerprint density at radius 2 is 2.00 bits per heavy atom. The number of hydrogen-bond donors (Lipinski definition) is 1. The van der Waals surface area contributed by atoms with Gasteiger partial charge in [0.05, 0.1) is 6.10 Å². The zero-order valence-corrected chi connectivity index (χ0v) is 10.9. The molecular weight excluding hydrogens is 208 g/mol. The highest BCUT2D eigenvalue weighted by molar-refractivity contribution is 7.10. The molecule has 0 aliphatic carbocycles. The number of aryl methyl sites for hydroxylation is 1. The van der Waals surface area contributed by atoms with Crippen molar-refractivity contribution in [2.75, 3.05) is 7.11 Å². The van der Waals surface area contributed by atoms with E-state index in [2.05, 4.69) is 20.8 Å². The van der Waals surface area contributed by atoms with Crippen molar-refractivity contribution in [3.8, 4) is 0 Å². The molecule has 0 saturated heterocycles. The van der Waals surface area contributed by atoms with Gasteiger partial charge < -0.3 is 9.84 Å². The zero-order chi connectivity index (χ0) is 11.6. The Balaban J connectivity index is 2.92. The first-order valence-corrected chi connectivity index (χ1v) is 6.00. The first kappa shape index (κ1) is 12.7. The topological polar surface area (TPSA) is 29.5 Å². The van der Waals surface area contributed by atoms with E-state index in [9.17, 15) is 5.11 Å². The molecule has 0 fully saturated rings. The number of rotatable bonds is 3. The van der Waals surface area contributed by atoms with E-state index in [1.54, 1.807) is 18.4 Å². The van der Waals surface area contributed by atoms with Gasteiger partial charge in [-0.3, -0.25) is 0 Å². The molecule has 0 aliphatic heterocycles. The van der Waals surface area contributed by atoms with Crippen LogP contribution in [0.5, 0.6) is 0 Å². The van der Waals surface area contributed by atoms with Gasteiger partial charge >= 0.3 is 0 Å². The first-order chi connectivity index (χ1) is 6.88. The molecule has 2 atom stereocenters. The molecule has 2 nitrogen and oxygen atoms in total. The number of ether oxygens (including phenoxy) is 1. The molecule has 0 saturated carbocycles. The van der Waals surface area contributed by atoms with Crippen LogP contribution in [0, 0.1) is 12.3 Å². The lowest BCUT2D eigenvalue weighted by Gasteiger charge is -2.33. The molecule has 0 radical (unpaired) electrons. The van der Waals surface area contributed by atoms with Crippen molar-refractivity contribution in [2.45, 2.75) is 39.9 Å². The van der Waals surface area contributed by atoms with E-state index < -0.39 is 6.10 Å². The molecule has 1 heterocycles. The van der Waals surface area contributed by atoms with E-state index in [4.69, 9.17) is 4.74 Å². The summed E-state index contributed by atoms with van der Waals surface area (Å²) in [5.41, 5.74) is 0.921. The Labute approximate surface area is 95.9 Å². The molecule has 1 aromatic heterocycles. The van der Waals surface area contributed by atoms with Gasteiger partial charge in [0.25, 0.3) is 0 Å². The molecule has 1 aromatic rings. The third-order valence-corrected chi connectivity index (χ3v) is 3.47. The number of thiophene rings is 1. The third-order valence-electron chi connectivity index (χ3n) is 2.61. The van der Waals surface area contributed by atoms with Gasteiger partial charge in [0.2, 0.25) is 0 Å². The van der Waals surface area contributed by atoms with Gasteiger partial charge in [0.1, 0.15) is 6.10 Å². The largest absolute Gasteiger partial charge is 0.386 e. The van der Waals surface area contributed by atoms with Crippen molar-refractivity contribution in [3.63, 3.8) is 0 Å². The minimum absolute atomic E-state index is 0.0669. The average molecular weight is 228 g/mol.